The Balaban J connectivity index is 0.000000261. The number of benzene rings is 1. The van der Waals surface area contributed by atoms with Gasteiger partial charge in [0.15, 0.2) is 0 Å². The second kappa shape index (κ2) is 11.5. The third-order valence-corrected chi connectivity index (χ3v) is 6.19. The molecule has 1 fully saturated rings. The normalized spacial score (nSPS) is 14.2. The Bertz CT molecular complexity index is 1110. The summed E-state index contributed by atoms with van der Waals surface area (Å²) in [7, 11) is 0. The minimum absolute atomic E-state index is 0.520. The van der Waals surface area contributed by atoms with Gasteiger partial charge in [0, 0.05) is 30.5 Å². The number of rotatable bonds is 8. The average Bonchev–Trinajstić information content (AvgIpc) is 3.37. The molecule has 0 spiro atoms. The zero-order chi connectivity index (χ0) is 25.5. The van der Waals surface area contributed by atoms with Crippen LogP contribution in [0, 0.1) is 23.7 Å². The lowest BCUT2D eigenvalue weighted by molar-refractivity contribution is -0.137. The van der Waals surface area contributed by atoms with E-state index in [0.717, 1.165) is 36.6 Å². The van der Waals surface area contributed by atoms with Gasteiger partial charge in [0.2, 0.25) is 0 Å². The molecule has 0 bridgehead atoms. The number of nitrogens with zero attached hydrogens (tertiary/aromatic N) is 4. The number of pyridine rings is 1. The topological polar surface area (TPSA) is 68.6 Å². The molecule has 2 heterocycles. The Morgan fingerprint density at radius 3 is 2.37 bits per heavy atom. The molecule has 0 amide bonds. The standard InChI is InChI=1S/C20H26N4.C7H6F3N/c1-3-4-11-24(15-20(2)9-10-20)14-18-13-22-23-19(18)17-7-5-16(12-21)6-8-17;1-5-2-3-6(4-11-5)7(8,9)10/h5-8,13H,3-4,9-11,14-15H2,1-2H3,(H,22,23);2-4H,1H3. The molecule has 4 rings (SSSR count). The van der Waals surface area contributed by atoms with E-state index in [1.807, 2.05) is 30.5 Å². The number of hydrogen-bond acceptors (Lipinski definition) is 4. The Morgan fingerprint density at radius 2 is 1.83 bits per heavy atom. The molecule has 1 saturated carbocycles. The van der Waals surface area contributed by atoms with Crippen LogP contribution in [0.1, 0.15) is 61.9 Å². The highest BCUT2D eigenvalue weighted by molar-refractivity contribution is 5.63. The zero-order valence-electron chi connectivity index (χ0n) is 20.5. The highest BCUT2D eigenvalue weighted by Gasteiger charge is 2.38. The predicted octanol–water partition coefficient (Wildman–Crippen LogP) is 6.76. The number of aryl methyl sites for hydroxylation is 1. The Hall–Kier alpha value is -3.18. The summed E-state index contributed by atoms with van der Waals surface area (Å²) >= 11 is 0. The molecule has 0 unspecified atom stereocenters. The van der Waals surface area contributed by atoms with Crippen molar-refractivity contribution in [1.29, 1.82) is 5.26 Å². The first kappa shape index (κ1) is 26.4. The van der Waals surface area contributed by atoms with Gasteiger partial charge < -0.3 is 0 Å². The van der Waals surface area contributed by atoms with Crippen LogP contribution in [0.2, 0.25) is 0 Å². The van der Waals surface area contributed by atoms with E-state index in [0.29, 0.717) is 16.7 Å². The summed E-state index contributed by atoms with van der Waals surface area (Å²) in [6.45, 7) is 9.52. The van der Waals surface area contributed by atoms with Gasteiger partial charge >= 0.3 is 6.18 Å². The molecule has 3 aromatic rings. The van der Waals surface area contributed by atoms with Crippen LogP contribution < -0.4 is 0 Å². The van der Waals surface area contributed by atoms with Gasteiger partial charge in [-0.15, -0.1) is 0 Å². The summed E-state index contributed by atoms with van der Waals surface area (Å²) in [6.07, 6.45) is 3.66. The predicted molar refractivity (Wildman–Crippen MR) is 130 cm³/mol. The fraction of sp³-hybridized carbons (Fsp3) is 0.444. The van der Waals surface area contributed by atoms with Crippen molar-refractivity contribution in [3.05, 3.63) is 71.2 Å². The lowest BCUT2D eigenvalue weighted by Gasteiger charge is -2.25. The van der Waals surface area contributed by atoms with Crippen molar-refractivity contribution in [2.75, 3.05) is 13.1 Å². The first-order chi connectivity index (χ1) is 16.6. The maximum atomic E-state index is 11.9. The molecule has 0 saturated heterocycles. The SMILES string of the molecule is CCCCN(Cc1cn[nH]c1-c1ccc(C#N)cc1)CC1(C)CC1.Cc1ccc(C(F)(F)F)cn1. The van der Waals surface area contributed by atoms with Crippen molar-refractivity contribution < 1.29 is 13.2 Å². The van der Waals surface area contributed by atoms with Crippen LogP contribution in [0.3, 0.4) is 0 Å². The largest absolute Gasteiger partial charge is 0.417 e. The van der Waals surface area contributed by atoms with E-state index in [4.69, 9.17) is 5.26 Å². The monoisotopic (exact) mass is 483 g/mol. The molecule has 1 aliphatic carbocycles. The van der Waals surface area contributed by atoms with Crippen LogP contribution in [0.4, 0.5) is 13.2 Å². The Kier molecular flexibility index (Phi) is 8.68. The van der Waals surface area contributed by atoms with Crippen LogP contribution in [-0.4, -0.2) is 33.2 Å². The fourth-order valence-electron chi connectivity index (χ4n) is 3.78. The maximum absolute atomic E-state index is 11.9. The average molecular weight is 484 g/mol. The number of aromatic nitrogens is 3. The third-order valence-electron chi connectivity index (χ3n) is 6.19. The number of H-pyrrole nitrogens is 1. The fourth-order valence-corrected chi connectivity index (χ4v) is 3.78. The van der Waals surface area contributed by atoms with Gasteiger partial charge in [0.1, 0.15) is 0 Å². The number of alkyl halides is 3. The van der Waals surface area contributed by atoms with Crippen molar-refractivity contribution in [2.24, 2.45) is 5.41 Å². The third kappa shape index (κ3) is 7.93. The second-order valence-electron chi connectivity index (χ2n) is 9.52. The van der Waals surface area contributed by atoms with E-state index in [9.17, 15) is 13.2 Å². The highest BCUT2D eigenvalue weighted by Crippen LogP contribution is 2.45. The van der Waals surface area contributed by atoms with Gasteiger partial charge in [-0.25, -0.2) is 0 Å². The molecule has 0 radical (unpaired) electrons. The van der Waals surface area contributed by atoms with Gasteiger partial charge in [-0.05, 0) is 68.0 Å². The lowest BCUT2D eigenvalue weighted by atomic mass is 10.0. The summed E-state index contributed by atoms with van der Waals surface area (Å²) in [5.74, 6) is 0. The first-order valence-corrected chi connectivity index (χ1v) is 11.9. The maximum Gasteiger partial charge on any atom is 0.417 e. The summed E-state index contributed by atoms with van der Waals surface area (Å²) in [6, 6.07) is 12.2. The Labute approximate surface area is 205 Å². The molecule has 5 nitrogen and oxygen atoms in total. The van der Waals surface area contributed by atoms with E-state index in [1.54, 1.807) is 6.92 Å². The minimum atomic E-state index is -4.28. The molecule has 186 valence electrons. The molecular weight excluding hydrogens is 451 g/mol. The van der Waals surface area contributed by atoms with Crippen LogP contribution in [-0.2, 0) is 12.7 Å². The van der Waals surface area contributed by atoms with Gasteiger partial charge in [-0.3, -0.25) is 15.0 Å². The van der Waals surface area contributed by atoms with Gasteiger partial charge in [-0.2, -0.15) is 23.5 Å². The van der Waals surface area contributed by atoms with Crippen LogP contribution in [0.15, 0.2) is 48.8 Å². The quantitative estimate of drug-likeness (QED) is 0.384. The molecule has 2 aromatic heterocycles. The highest BCUT2D eigenvalue weighted by atomic mass is 19.4. The van der Waals surface area contributed by atoms with E-state index in [-0.39, 0.29) is 0 Å². The summed E-state index contributed by atoms with van der Waals surface area (Å²) in [5.41, 5.74) is 4.48. The van der Waals surface area contributed by atoms with E-state index < -0.39 is 11.7 Å². The number of unbranched alkanes of at least 4 members (excludes halogenated alkanes) is 1. The summed E-state index contributed by atoms with van der Waals surface area (Å²) in [4.78, 5) is 6.10. The van der Waals surface area contributed by atoms with Crippen LogP contribution >= 0.6 is 0 Å². The van der Waals surface area contributed by atoms with Crippen molar-refractivity contribution >= 4 is 0 Å². The van der Waals surface area contributed by atoms with E-state index in [1.165, 1.54) is 43.9 Å². The molecule has 1 aliphatic rings. The molecule has 1 N–H and O–H groups in total. The molecule has 1 aromatic carbocycles. The van der Waals surface area contributed by atoms with Crippen molar-refractivity contribution in [2.45, 2.75) is 59.2 Å². The smallest absolute Gasteiger partial charge is 0.298 e. The Morgan fingerprint density at radius 1 is 1.11 bits per heavy atom. The number of halogens is 3. The number of aromatic amines is 1. The van der Waals surface area contributed by atoms with Crippen molar-refractivity contribution in [3.63, 3.8) is 0 Å². The van der Waals surface area contributed by atoms with Gasteiger partial charge in [0.05, 0.1) is 29.1 Å². The summed E-state index contributed by atoms with van der Waals surface area (Å²) in [5, 5.41) is 16.4. The molecular formula is C27H32F3N5. The number of nitriles is 1. The number of hydrogen-bond donors (Lipinski definition) is 1. The zero-order valence-corrected chi connectivity index (χ0v) is 20.5. The molecule has 35 heavy (non-hydrogen) atoms. The molecule has 0 atom stereocenters. The minimum Gasteiger partial charge on any atom is -0.298 e. The molecule has 0 aliphatic heterocycles. The number of nitrogens with one attached hydrogen (secondary N) is 1. The van der Waals surface area contributed by atoms with E-state index >= 15 is 0 Å². The van der Waals surface area contributed by atoms with E-state index in [2.05, 4.69) is 40.0 Å². The van der Waals surface area contributed by atoms with Crippen LogP contribution in [0.5, 0.6) is 0 Å². The van der Waals surface area contributed by atoms with Crippen molar-refractivity contribution in [1.82, 2.24) is 20.1 Å². The van der Waals surface area contributed by atoms with Crippen molar-refractivity contribution in [3.8, 4) is 17.3 Å². The molecule has 8 heteroatoms. The summed E-state index contributed by atoms with van der Waals surface area (Å²) < 4.78 is 35.6. The lowest BCUT2D eigenvalue weighted by Crippen LogP contribution is -2.30. The van der Waals surface area contributed by atoms with Gasteiger partial charge in [-0.1, -0.05) is 32.4 Å². The van der Waals surface area contributed by atoms with Crippen LogP contribution in [0.25, 0.3) is 11.3 Å². The second-order valence-corrected chi connectivity index (χ2v) is 9.52. The van der Waals surface area contributed by atoms with Gasteiger partial charge in [0.25, 0.3) is 0 Å². The first-order valence-electron chi connectivity index (χ1n) is 11.9.